The Morgan fingerprint density at radius 1 is 1.45 bits per heavy atom. The van der Waals surface area contributed by atoms with Crippen molar-refractivity contribution >= 4 is 22.9 Å². The van der Waals surface area contributed by atoms with Crippen molar-refractivity contribution in [2.75, 3.05) is 12.3 Å². The van der Waals surface area contributed by atoms with Crippen LogP contribution in [0.1, 0.15) is 33.8 Å². The maximum atomic E-state index is 13.5. The standard InChI is InChI=1S/C15H15FN2OS/c1-9-10-6-8-20-13(10)5-7-18(9)15(19)11-3-2-4-12(16)14(11)17/h2-4,6,8-9H,5,7,17H2,1H3. The Morgan fingerprint density at radius 3 is 3.05 bits per heavy atom. The van der Waals surface area contributed by atoms with Crippen LogP contribution >= 0.6 is 11.3 Å². The van der Waals surface area contributed by atoms with Crippen LogP contribution in [0.4, 0.5) is 10.1 Å². The van der Waals surface area contributed by atoms with Gasteiger partial charge in [0.1, 0.15) is 5.82 Å². The highest BCUT2D eigenvalue weighted by Crippen LogP contribution is 2.34. The summed E-state index contributed by atoms with van der Waals surface area (Å²) in [5, 5.41) is 2.05. The lowest BCUT2D eigenvalue weighted by atomic mass is 10.00. The van der Waals surface area contributed by atoms with Crippen molar-refractivity contribution in [2.24, 2.45) is 0 Å². The maximum absolute atomic E-state index is 13.5. The number of halogens is 1. The third-order valence-corrected chi connectivity index (χ3v) is 4.82. The lowest BCUT2D eigenvalue weighted by Crippen LogP contribution is -2.38. The summed E-state index contributed by atoms with van der Waals surface area (Å²) in [6, 6.07) is 6.42. The smallest absolute Gasteiger partial charge is 0.256 e. The summed E-state index contributed by atoms with van der Waals surface area (Å²) in [6.07, 6.45) is 0.846. The molecular weight excluding hydrogens is 275 g/mol. The van der Waals surface area contributed by atoms with E-state index in [0.717, 1.165) is 6.42 Å². The quantitative estimate of drug-likeness (QED) is 0.820. The molecule has 0 saturated carbocycles. The van der Waals surface area contributed by atoms with E-state index < -0.39 is 5.82 Å². The van der Waals surface area contributed by atoms with Crippen molar-refractivity contribution in [3.63, 3.8) is 0 Å². The van der Waals surface area contributed by atoms with E-state index in [1.54, 1.807) is 22.3 Å². The van der Waals surface area contributed by atoms with Gasteiger partial charge in [-0.2, -0.15) is 0 Å². The number of hydrogen-bond donors (Lipinski definition) is 1. The summed E-state index contributed by atoms with van der Waals surface area (Å²) in [5.74, 6) is -0.747. The topological polar surface area (TPSA) is 46.3 Å². The Hall–Kier alpha value is -1.88. The van der Waals surface area contributed by atoms with Crippen LogP contribution in [0.3, 0.4) is 0 Å². The van der Waals surface area contributed by atoms with Gasteiger partial charge in [0.15, 0.2) is 0 Å². The molecule has 0 spiro atoms. The minimum absolute atomic E-state index is 0.000155. The number of anilines is 1. The number of benzene rings is 1. The van der Waals surface area contributed by atoms with Crippen LogP contribution in [0.5, 0.6) is 0 Å². The molecule has 1 atom stereocenters. The maximum Gasteiger partial charge on any atom is 0.256 e. The van der Waals surface area contributed by atoms with Crippen LogP contribution in [0, 0.1) is 5.82 Å². The molecule has 5 heteroatoms. The van der Waals surface area contributed by atoms with Crippen LogP contribution < -0.4 is 5.73 Å². The molecule has 0 aliphatic carbocycles. The predicted molar refractivity (Wildman–Crippen MR) is 78.3 cm³/mol. The monoisotopic (exact) mass is 290 g/mol. The van der Waals surface area contributed by atoms with Gasteiger partial charge in [0, 0.05) is 11.4 Å². The number of nitrogen functional groups attached to an aromatic ring is 1. The zero-order chi connectivity index (χ0) is 14.3. The van der Waals surface area contributed by atoms with Crippen molar-refractivity contribution in [2.45, 2.75) is 19.4 Å². The minimum atomic E-state index is -0.545. The molecular formula is C15H15FN2OS. The molecule has 3 nitrogen and oxygen atoms in total. The Morgan fingerprint density at radius 2 is 2.25 bits per heavy atom. The van der Waals surface area contributed by atoms with E-state index in [-0.39, 0.29) is 23.2 Å². The van der Waals surface area contributed by atoms with Gasteiger partial charge in [-0.05, 0) is 42.5 Å². The van der Waals surface area contributed by atoms with Gasteiger partial charge in [-0.1, -0.05) is 6.07 Å². The normalized spacial score (nSPS) is 17.9. The molecule has 2 heterocycles. The number of amides is 1. The number of hydrogen-bond acceptors (Lipinski definition) is 3. The molecule has 0 saturated heterocycles. The summed E-state index contributed by atoms with van der Waals surface area (Å²) >= 11 is 1.72. The molecule has 1 amide bonds. The van der Waals surface area contributed by atoms with E-state index >= 15 is 0 Å². The summed E-state index contributed by atoms with van der Waals surface area (Å²) < 4.78 is 13.5. The average molecular weight is 290 g/mol. The van der Waals surface area contributed by atoms with Crippen molar-refractivity contribution in [3.05, 3.63) is 51.5 Å². The zero-order valence-corrected chi connectivity index (χ0v) is 11.9. The Kier molecular flexibility index (Phi) is 3.22. The molecule has 1 unspecified atom stereocenters. The van der Waals surface area contributed by atoms with Gasteiger partial charge in [0.2, 0.25) is 0 Å². The SMILES string of the molecule is CC1c2ccsc2CCN1C(=O)c1cccc(F)c1N. The number of carbonyl (C=O) groups is 1. The van der Waals surface area contributed by atoms with Crippen LogP contribution in [-0.2, 0) is 6.42 Å². The molecule has 0 fully saturated rings. The summed E-state index contributed by atoms with van der Waals surface area (Å²) in [6.45, 7) is 2.64. The second-order valence-corrected chi connectivity index (χ2v) is 5.93. The van der Waals surface area contributed by atoms with E-state index in [0.29, 0.717) is 6.54 Å². The third-order valence-electron chi connectivity index (χ3n) is 3.82. The number of thiophene rings is 1. The van der Waals surface area contributed by atoms with E-state index in [4.69, 9.17) is 5.73 Å². The highest BCUT2D eigenvalue weighted by Gasteiger charge is 2.30. The van der Waals surface area contributed by atoms with Gasteiger partial charge in [0.05, 0.1) is 17.3 Å². The average Bonchev–Trinajstić information content (AvgIpc) is 2.91. The number of carbonyl (C=O) groups excluding carboxylic acids is 1. The largest absolute Gasteiger partial charge is 0.396 e. The fraction of sp³-hybridized carbons (Fsp3) is 0.267. The molecule has 2 N–H and O–H groups in total. The molecule has 2 aromatic rings. The number of nitrogens with zero attached hydrogens (tertiary/aromatic N) is 1. The Balaban J connectivity index is 1.94. The van der Waals surface area contributed by atoms with Gasteiger partial charge in [-0.3, -0.25) is 4.79 Å². The number of fused-ring (bicyclic) bond motifs is 1. The molecule has 104 valence electrons. The van der Waals surface area contributed by atoms with Gasteiger partial charge >= 0.3 is 0 Å². The van der Waals surface area contributed by atoms with E-state index in [1.165, 1.54) is 22.6 Å². The lowest BCUT2D eigenvalue weighted by molar-refractivity contribution is 0.0680. The molecule has 1 aliphatic rings. The highest BCUT2D eigenvalue weighted by atomic mass is 32.1. The fourth-order valence-electron chi connectivity index (χ4n) is 2.67. The number of para-hydroxylation sites is 1. The summed E-state index contributed by atoms with van der Waals surface area (Å²) in [5.41, 5.74) is 7.05. The van der Waals surface area contributed by atoms with Gasteiger partial charge in [-0.15, -0.1) is 11.3 Å². The minimum Gasteiger partial charge on any atom is -0.396 e. The molecule has 1 aromatic carbocycles. The van der Waals surface area contributed by atoms with Crippen molar-refractivity contribution < 1.29 is 9.18 Å². The first-order valence-electron chi connectivity index (χ1n) is 6.51. The first kappa shape index (κ1) is 13.1. The lowest BCUT2D eigenvalue weighted by Gasteiger charge is -2.34. The highest BCUT2D eigenvalue weighted by molar-refractivity contribution is 7.10. The van der Waals surface area contributed by atoms with Gasteiger partial charge in [-0.25, -0.2) is 4.39 Å². The third kappa shape index (κ3) is 1.98. The molecule has 0 radical (unpaired) electrons. The molecule has 3 rings (SSSR count). The van der Waals surface area contributed by atoms with Crippen LogP contribution in [0.2, 0.25) is 0 Å². The molecule has 1 aromatic heterocycles. The first-order chi connectivity index (χ1) is 9.59. The number of nitrogens with two attached hydrogens (primary N) is 1. The Labute approximate surface area is 120 Å². The second kappa shape index (κ2) is 4.90. The van der Waals surface area contributed by atoms with E-state index in [2.05, 4.69) is 6.07 Å². The van der Waals surface area contributed by atoms with Crippen LogP contribution in [-0.4, -0.2) is 17.4 Å². The van der Waals surface area contributed by atoms with E-state index in [1.807, 2.05) is 12.3 Å². The van der Waals surface area contributed by atoms with Gasteiger partial charge < -0.3 is 10.6 Å². The molecule has 1 aliphatic heterocycles. The second-order valence-electron chi connectivity index (χ2n) is 4.92. The zero-order valence-electron chi connectivity index (χ0n) is 11.1. The van der Waals surface area contributed by atoms with Crippen molar-refractivity contribution in [1.82, 2.24) is 4.90 Å². The summed E-state index contributed by atoms with van der Waals surface area (Å²) in [7, 11) is 0. The van der Waals surface area contributed by atoms with Crippen LogP contribution in [0.25, 0.3) is 0 Å². The Bertz CT molecular complexity index is 668. The van der Waals surface area contributed by atoms with Crippen molar-refractivity contribution in [3.8, 4) is 0 Å². The van der Waals surface area contributed by atoms with Crippen molar-refractivity contribution in [1.29, 1.82) is 0 Å². The van der Waals surface area contributed by atoms with E-state index in [9.17, 15) is 9.18 Å². The fourth-order valence-corrected chi connectivity index (χ4v) is 3.63. The number of rotatable bonds is 1. The first-order valence-corrected chi connectivity index (χ1v) is 7.38. The molecule has 0 bridgehead atoms. The van der Waals surface area contributed by atoms with Gasteiger partial charge in [0.25, 0.3) is 5.91 Å². The van der Waals surface area contributed by atoms with Crippen LogP contribution in [0.15, 0.2) is 29.6 Å². The predicted octanol–water partition coefficient (Wildman–Crippen LogP) is 3.23. The summed E-state index contributed by atoms with van der Waals surface area (Å²) in [4.78, 5) is 15.7. The molecule has 20 heavy (non-hydrogen) atoms.